The highest BCUT2D eigenvalue weighted by molar-refractivity contribution is 8.00. The molecule has 5 rings (SSSR count). The van der Waals surface area contributed by atoms with Crippen molar-refractivity contribution >= 4 is 46.0 Å². The molecular formula is C23H20N6O2S. The Morgan fingerprint density at radius 3 is 2.75 bits per heavy atom. The molecule has 1 aliphatic rings. The van der Waals surface area contributed by atoms with Crippen molar-refractivity contribution in [2.45, 2.75) is 24.4 Å². The van der Waals surface area contributed by atoms with Gasteiger partial charge in [0, 0.05) is 12.5 Å². The van der Waals surface area contributed by atoms with Gasteiger partial charge < -0.3 is 10.2 Å². The molecule has 0 fully saturated rings. The van der Waals surface area contributed by atoms with E-state index in [1.807, 2.05) is 61.5 Å². The number of thioether (sulfide) groups is 1. The first kappa shape index (κ1) is 20.2. The number of anilines is 2. The van der Waals surface area contributed by atoms with Gasteiger partial charge in [0.1, 0.15) is 11.4 Å². The average Bonchev–Trinajstić information content (AvgIpc) is 3.19. The van der Waals surface area contributed by atoms with Crippen molar-refractivity contribution in [3.63, 3.8) is 0 Å². The molecule has 8 nitrogen and oxygen atoms in total. The van der Waals surface area contributed by atoms with Crippen molar-refractivity contribution in [3.05, 3.63) is 67.1 Å². The Kier molecular flexibility index (Phi) is 5.32. The van der Waals surface area contributed by atoms with Crippen LogP contribution in [-0.4, -0.2) is 43.4 Å². The fourth-order valence-electron chi connectivity index (χ4n) is 3.86. The summed E-state index contributed by atoms with van der Waals surface area (Å²) < 4.78 is 1.76. The van der Waals surface area contributed by atoms with Crippen molar-refractivity contribution in [1.82, 2.24) is 19.7 Å². The summed E-state index contributed by atoms with van der Waals surface area (Å²) in [7, 11) is 0. The highest BCUT2D eigenvalue weighted by Crippen LogP contribution is 2.33. The van der Waals surface area contributed by atoms with Crippen LogP contribution < -0.4 is 10.2 Å². The van der Waals surface area contributed by atoms with Gasteiger partial charge in [-0.15, -0.1) is 0 Å². The first-order chi connectivity index (χ1) is 15.6. The van der Waals surface area contributed by atoms with Gasteiger partial charge in [0.15, 0.2) is 5.65 Å². The fourth-order valence-corrected chi connectivity index (χ4v) is 4.68. The average molecular weight is 445 g/mol. The quantitative estimate of drug-likeness (QED) is 0.381. The van der Waals surface area contributed by atoms with Crippen molar-refractivity contribution < 1.29 is 9.59 Å². The Morgan fingerprint density at radius 1 is 1.12 bits per heavy atom. The maximum Gasteiger partial charge on any atom is 0.237 e. The maximum absolute atomic E-state index is 13.3. The minimum Gasteiger partial charge on any atom is -0.324 e. The van der Waals surface area contributed by atoms with Crippen LogP contribution in [0.1, 0.15) is 13.3 Å². The largest absolute Gasteiger partial charge is 0.324 e. The number of carbonyl (C=O) groups excluding carboxylic acids is 2. The highest BCUT2D eigenvalue weighted by atomic mass is 32.2. The zero-order valence-electron chi connectivity index (χ0n) is 17.3. The lowest BCUT2D eigenvalue weighted by Gasteiger charge is -2.27. The van der Waals surface area contributed by atoms with Gasteiger partial charge in [0.05, 0.1) is 34.4 Å². The molecule has 1 N–H and O–H groups in total. The summed E-state index contributed by atoms with van der Waals surface area (Å²) in [5, 5.41) is 8.83. The number of hydrogen-bond donors (Lipinski definition) is 1. The van der Waals surface area contributed by atoms with E-state index in [0.717, 1.165) is 11.1 Å². The summed E-state index contributed by atoms with van der Waals surface area (Å²) in [6.45, 7) is 1.89. The third-order valence-corrected chi connectivity index (χ3v) is 6.28. The monoisotopic (exact) mass is 444 g/mol. The summed E-state index contributed by atoms with van der Waals surface area (Å²) in [6.07, 6.45) is 3.46. The van der Waals surface area contributed by atoms with E-state index in [0.29, 0.717) is 22.0 Å². The van der Waals surface area contributed by atoms with E-state index in [9.17, 15) is 9.59 Å². The molecule has 2 aromatic carbocycles. The number of para-hydroxylation sites is 3. The lowest BCUT2D eigenvalue weighted by Crippen LogP contribution is -2.40. The third-order valence-electron chi connectivity index (χ3n) is 5.29. The SMILES string of the molecule is CC1CC(=O)Nc2ccccc2N1C(=O)CSc1ncnc2c1cnn2-c1ccccc1. The summed E-state index contributed by atoms with van der Waals surface area (Å²) in [6, 6.07) is 16.9. The molecule has 0 radical (unpaired) electrons. The van der Waals surface area contributed by atoms with Crippen LogP contribution in [0, 0.1) is 0 Å². The molecule has 1 atom stereocenters. The third kappa shape index (κ3) is 3.71. The predicted molar refractivity (Wildman–Crippen MR) is 124 cm³/mol. The van der Waals surface area contributed by atoms with E-state index < -0.39 is 0 Å². The van der Waals surface area contributed by atoms with Gasteiger partial charge in [-0.25, -0.2) is 14.6 Å². The van der Waals surface area contributed by atoms with Crippen LogP contribution in [0.4, 0.5) is 11.4 Å². The summed E-state index contributed by atoms with van der Waals surface area (Å²) in [5.74, 6) is -0.0115. The highest BCUT2D eigenvalue weighted by Gasteiger charge is 2.29. The Bertz CT molecular complexity index is 1310. The minimum atomic E-state index is -0.252. The number of nitrogens with one attached hydrogen (secondary N) is 1. The Labute approximate surface area is 188 Å². The minimum absolute atomic E-state index is 0.0892. The normalized spacial score (nSPS) is 15.8. The van der Waals surface area contributed by atoms with Crippen molar-refractivity contribution in [3.8, 4) is 5.69 Å². The van der Waals surface area contributed by atoms with Crippen molar-refractivity contribution in [2.75, 3.05) is 16.0 Å². The second-order valence-electron chi connectivity index (χ2n) is 7.48. The first-order valence-electron chi connectivity index (χ1n) is 10.2. The molecule has 4 aromatic rings. The number of hydrogen-bond acceptors (Lipinski definition) is 6. The zero-order chi connectivity index (χ0) is 22.1. The maximum atomic E-state index is 13.3. The number of fused-ring (bicyclic) bond motifs is 2. The summed E-state index contributed by atoms with van der Waals surface area (Å²) >= 11 is 1.34. The van der Waals surface area contributed by atoms with E-state index in [4.69, 9.17) is 0 Å². The van der Waals surface area contributed by atoms with E-state index in [2.05, 4.69) is 20.4 Å². The number of nitrogens with zero attached hydrogens (tertiary/aromatic N) is 5. The predicted octanol–water partition coefficient (Wildman–Crippen LogP) is 3.67. The van der Waals surface area contributed by atoms with Crippen LogP contribution in [0.25, 0.3) is 16.7 Å². The topological polar surface area (TPSA) is 93.0 Å². The second kappa shape index (κ2) is 8.43. The number of rotatable bonds is 4. The molecule has 1 aliphatic heterocycles. The fraction of sp³-hybridized carbons (Fsp3) is 0.174. The lowest BCUT2D eigenvalue weighted by atomic mass is 10.2. The number of aromatic nitrogens is 4. The van der Waals surface area contributed by atoms with E-state index >= 15 is 0 Å². The molecule has 0 bridgehead atoms. The number of benzene rings is 2. The van der Waals surface area contributed by atoms with Gasteiger partial charge in [-0.3, -0.25) is 9.59 Å². The van der Waals surface area contributed by atoms with Crippen molar-refractivity contribution in [2.24, 2.45) is 0 Å². The van der Waals surface area contributed by atoms with Gasteiger partial charge in [-0.2, -0.15) is 5.10 Å². The Hall–Kier alpha value is -3.72. The Morgan fingerprint density at radius 2 is 1.91 bits per heavy atom. The van der Waals surface area contributed by atoms with Crippen LogP contribution in [0.3, 0.4) is 0 Å². The van der Waals surface area contributed by atoms with Crippen LogP contribution in [-0.2, 0) is 9.59 Å². The smallest absolute Gasteiger partial charge is 0.237 e. The molecule has 9 heteroatoms. The molecule has 2 aromatic heterocycles. The van der Waals surface area contributed by atoms with E-state index in [1.165, 1.54) is 18.1 Å². The van der Waals surface area contributed by atoms with Gasteiger partial charge in [0.2, 0.25) is 11.8 Å². The van der Waals surface area contributed by atoms with Gasteiger partial charge in [-0.05, 0) is 31.2 Å². The standard InChI is InChI=1S/C23H20N6O2S/c1-15-11-20(30)27-18-9-5-6-10-19(18)28(15)21(31)13-32-23-17-12-26-29(22(17)24-14-25-23)16-7-3-2-4-8-16/h2-10,12,14-15H,11,13H2,1H3,(H,27,30). The van der Waals surface area contributed by atoms with Gasteiger partial charge >= 0.3 is 0 Å². The molecule has 160 valence electrons. The molecule has 0 aliphatic carbocycles. The molecule has 3 heterocycles. The van der Waals surface area contributed by atoms with E-state index in [-0.39, 0.29) is 30.0 Å². The number of amides is 2. The molecule has 1 unspecified atom stereocenters. The van der Waals surface area contributed by atoms with Crippen LogP contribution >= 0.6 is 11.8 Å². The molecule has 0 saturated carbocycles. The first-order valence-corrected chi connectivity index (χ1v) is 11.2. The van der Waals surface area contributed by atoms with Gasteiger partial charge in [0.25, 0.3) is 0 Å². The van der Waals surface area contributed by atoms with Crippen LogP contribution in [0.2, 0.25) is 0 Å². The molecular weight excluding hydrogens is 424 g/mol. The molecule has 32 heavy (non-hydrogen) atoms. The Balaban J connectivity index is 1.41. The zero-order valence-corrected chi connectivity index (χ0v) is 18.1. The molecule has 2 amide bonds. The lowest BCUT2D eigenvalue weighted by molar-refractivity contribution is -0.117. The summed E-state index contributed by atoms with van der Waals surface area (Å²) in [4.78, 5) is 35.9. The van der Waals surface area contributed by atoms with E-state index in [1.54, 1.807) is 15.8 Å². The number of carbonyl (C=O) groups is 2. The van der Waals surface area contributed by atoms with Crippen molar-refractivity contribution in [1.29, 1.82) is 0 Å². The molecule has 0 saturated heterocycles. The molecule has 0 spiro atoms. The van der Waals surface area contributed by atoms with Gasteiger partial charge in [-0.1, -0.05) is 42.1 Å². The summed E-state index contributed by atoms with van der Waals surface area (Å²) in [5.41, 5.74) is 2.94. The van der Waals surface area contributed by atoms with Crippen LogP contribution in [0.5, 0.6) is 0 Å². The van der Waals surface area contributed by atoms with Crippen LogP contribution in [0.15, 0.2) is 72.1 Å². The second-order valence-corrected chi connectivity index (χ2v) is 8.44.